The van der Waals surface area contributed by atoms with Gasteiger partial charge in [-0.1, -0.05) is 24.1 Å². The predicted octanol–water partition coefficient (Wildman–Crippen LogP) is 2.52. The second-order valence-electron chi connectivity index (χ2n) is 5.81. The number of hydrogen-bond acceptors (Lipinski definition) is 3. The molecule has 1 fully saturated rings. The lowest BCUT2D eigenvalue weighted by Crippen LogP contribution is -2.31. The monoisotopic (exact) mass is 286 g/mol. The van der Waals surface area contributed by atoms with E-state index in [1.807, 2.05) is 18.2 Å². The van der Waals surface area contributed by atoms with Gasteiger partial charge in [-0.15, -0.1) is 6.42 Å². The van der Waals surface area contributed by atoms with E-state index in [0.29, 0.717) is 6.61 Å². The van der Waals surface area contributed by atoms with Crippen molar-refractivity contribution >= 4 is 0 Å². The molecular formula is C18H26N2O. The first-order chi connectivity index (χ1) is 10.3. The Hall–Kier alpha value is -1.50. The molecule has 0 aliphatic carbocycles. The number of nitrogens with zero attached hydrogens (tertiary/aromatic N) is 1. The van der Waals surface area contributed by atoms with Crippen molar-refractivity contribution in [2.24, 2.45) is 5.92 Å². The number of rotatable bonds is 7. The Bertz CT molecular complexity index is 459. The van der Waals surface area contributed by atoms with E-state index < -0.39 is 0 Å². The van der Waals surface area contributed by atoms with Crippen molar-refractivity contribution in [2.45, 2.75) is 25.8 Å². The zero-order valence-corrected chi connectivity index (χ0v) is 13.0. The maximum atomic E-state index is 5.56. The summed E-state index contributed by atoms with van der Waals surface area (Å²) in [6, 6.07) is 8.09. The van der Waals surface area contributed by atoms with Crippen LogP contribution in [-0.4, -0.2) is 38.2 Å². The van der Waals surface area contributed by atoms with Gasteiger partial charge in [-0.25, -0.2) is 0 Å². The minimum Gasteiger partial charge on any atom is -0.481 e. The lowest BCUT2D eigenvalue weighted by Gasteiger charge is -2.28. The van der Waals surface area contributed by atoms with Gasteiger partial charge < -0.3 is 15.0 Å². The Morgan fingerprint density at radius 3 is 2.86 bits per heavy atom. The Morgan fingerprint density at radius 1 is 1.33 bits per heavy atom. The van der Waals surface area contributed by atoms with Crippen LogP contribution in [0.5, 0.6) is 5.75 Å². The number of piperidine rings is 1. The van der Waals surface area contributed by atoms with Crippen LogP contribution in [0.15, 0.2) is 24.3 Å². The van der Waals surface area contributed by atoms with Crippen LogP contribution in [0, 0.1) is 18.3 Å². The zero-order chi connectivity index (χ0) is 14.9. The molecule has 0 radical (unpaired) electrons. The third-order valence-electron chi connectivity index (χ3n) is 4.17. The van der Waals surface area contributed by atoms with Crippen molar-refractivity contribution in [2.75, 3.05) is 33.3 Å². The van der Waals surface area contributed by atoms with Crippen LogP contribution in [0.4, 0.5) is 0 Å². The largest absolute Gasteiger partial charge is 0.481 e. The molecule has 1 N–H and O–H groups in total. The highest BCUT2D eigenvalue weighted by atomic mass is 16.5. The number of terminal acetylenes is 1. The summed E-state index contributed by atoms with van der Waals surface area (Å²) in [6.07, 6.45) is 9.18. The summed E-state index contributed by atoms with van der Waals surface area (Å²) in [6.45, 7) is 4.72. The van der Waals surface area contributed by atoms with Crippen LogP contribution in [-0.2, 0) is 6.54 Å². The lowest BCUT2D eigenvalue weighted by atomic mass is 9.94. The first-order valence-electron chi connectivity index (χ1n) is 7.83. The molecule has 3 heteroatoms. The minimum absolute atomic E-state index is 0.326. The lowest BCUT2D eigenvalue weighted by molar-refractivity contribution is 0.211. The molecule has 1 heterocycles. The maximum absolute atomic E-state index is 5.56. The average Bonchev–Trinajstić information content (AvgIpc) is 2.52. The molecule has 0 bridgehead atoms. The number of nitrogens with one attached hydrogen (secondary N) is 1. The highest BCUT2D eigenvalue weighted by Gasteiger charge is 2.15. The second kappa shape index (κ2) is 8.71. The normalized spacial score (nSPS) is 16.6. The van der Waals surface area contributed by atoms with Gasteiger partial charge in [0.05, 0.1) is 0 Å². The van der Waals surface area contributed by atoms with Crippen molar-refractivity contribution in [3.8, 4) is 18.1 Å². The van der Waals surface area contributed by atoms with Gasteiger partial charge in [0.2, 0.25) is 0 Å². The molecule has 0 saturated carbocycles. The summed E-state index contributed by atoms with van der Waals surface area (Å²) in [5, 5.41) is 3.53. The molecule has 0 aromatic heterocycles. The molecule has 1 aliphatic rings. The molecule has 21 heavy (non-hydrogen) atoms. The van der Waals surface area contributed by atoms with Crippen molar-refractivity contribution in [3.05, 3.63) is 29.8 Å². The maximum Gasteiger partial charge on any atom is 0.148 e. The van der Waals surface area contributed by atoms with Gasteiger partial charge in [0.1, 0.15) is 12.4 Å². The number of benzene rings is 1. The summed E-state index contributed by atoms with van der Waals surface area (Å²) in [7, 11) is 2.21. The van der Waals surface area contributed by atoms with Gasteiger partial charge in [-0.2, -0.15) is 0 Å². The molecule has 1 aromatic carbocycles. The third-order valence-corrected chi connectivity index (χ3v) is 4.17. The number of ether oxygens (including phenoxy) is 1. The van der Waals surface area contributed by atoms with Crippen LogP contribution >= 0.6 is 0 Å². The summed E-state index contributed by atoms with van der Waals surface area (Å²) < 4.78 is 5.56. The fourth-order valence-corrected chi connectivity index (χ4v) is 2.79. The van der Waals surface area contributed by atoms with Crippen LogP contribution in [0.25, 0.3) is 0 Å². The smallest absolute Gasteiger partial charge is 0.148 e. The van der Waals surface area contributed by atoms with Crippen molar-refractivity contribution in [3.63, 3.8) is 0 Å². The average molecular weight is 286 g/mol. The summed E-state index contributed by atoms with van der Waals surface area (Å²) in [5.41, 5.74) is 1.18. The Morgan fingerprint density at radius 2 is 2.10 bits per heavy atom. The second-order valence-corrected chi connectivity index (χ2v) is 5.81. The molecule has 0 spiro atoms. The quantitative estimate of drug-likeness (QED) is 0.616. The van der Waals surface area contributed by atoms with Crippen LogP contribution in [0.3, 0.4) is 0 Å². The SMILES string of the molecule is C#CCOc1ccccc1CNCCC1CCN(C)CC1. The Kier molecular flexibility index (Phi) is 6.59. The van der Waals surface area contributed by atoms with Gasteiger partial charge in [-0.05, 0) is 57.9 Å². The van der Waals surface area contributed by atoms with Crippen molar-refractivity contribution < 1.29 is 4.74 Å². The van der Waals surface area contributed by atoms with E-state index in [9.17, 15) is 0 Å². The molecule has 0 unspecified atom stereocenters. The molecule has 114 valence electrons. The van der Waals surface area contributed by atoms with Gasteiger partial charge in [-0.3, -0.25) is 0 Å². The third kappa shape index (κ3) is 5.41. The first-order valence-corrected chi connectivity index (χ1v) is 7.83. The Labute approximate surface area is 128 Å². The van der Waals surface area contributed by atoms with Crippen molar-refractivity contribution in [1.82, 2.24) is 10.2 Å². The zero-order valence-electron chi connectivity index (χ0n) is 13.0. The van der Waals surface area contributed by atoms with E-state index in [1.54, 1.807) is 0 Å². The van der Waals surface area contributed by atoms with E-state index in [1.165, 1.54) is 37.9 Å². The predicted molar refractivity (Wildman–Crippen MR) is 87.3 cm³/mol. The van der Waals surface area contributed by atoms with E-state index in [2.05, 4.69) is 29.3 Å². The molecule has 0 amide bonds. The van der Waals surface area contributed by atoms with Gasteiger partial charge in [0.25, 0.3) is 0 Å². The van der Waals surface area contributed by atoms with Gasteiger partial charge >= 0.3 is 0 Å². The van der Waals surface area contributed by atoms with Crippen molar-refractivity contribution in [1.29, 1.82) is 0 Å². The highest BCUT2D eigenvalue weighted by Crippen LogP contribution is 2.20. The van der Waals surface area contributed by atoms with Crippen LogP contribution in [0.2, 0.25) is 0 Å². The van der Waals surface area contributed by atoms with Crippen LogP contribution in [0.1, 0.15) is 24.8 Å². The topological polar surface area (TPSA) is 24.5 Å². The fourth-order valence-electron chi connectivity index (χ4n) is 2.79. The van der Waals surface area contributed by atoms with E-state index in [4.69, 9.17) is 11.2 Å². The van der Waals surface area contributed by atoms with E-state index in [-0.39, 0.29) is 0 Å². The molecule has 1 saturated heterocycles. The summed E-state index contributed by atoms with van der Waals surface area (Å²) >= 11 is 0. The minimum atomic E-state index is 0.326. The molecule has 0 atom stereocenters. The summed E-state index contributed by atoms with van der Waals surface area (Å²) in [5.74, 6) is 4.28. The van der Waals surface area contributed by atoms with Gasteiger partial charge in [0.15, 0.2) is 0 Å². The molecule has 3 nitrogen and oxygen atoms in total. The van der Waals surface area contributed by atoms with Gasteiger partial charge in [0, 0.05) is 12.1 Å². The number of hydrogen-bond donors (Lipinski definition) is 1. The standard InChI is InChI=1S/C18H26N2O/c1-3-14-21-18-7-5-4-6-17(18)15-19-11-8-16-9-12-20(2)13-10-16/h1,4-7,16,19H,8-15H2,2H3. The van der Waals surface area contributed by atoms with Crippen LogP contribution < -0.4 is 10.1 Å². The fraction of sp³-hybridized carbons (Fsp3) is 0.556. The van der Waals surface area contributed by atoms with E-state index in [0.717, 1.165) is 24.8 Å². The summed E-state index contributed by atoms with van der Waals surface area (Å²) in [4.78, 5) is 2.42. The molecule has 1 aliphatic heterocycles. The highest BCUT2D eigenvalue weighted by molar-refractivity contribution is 5.33. The number of likely N-dealkylation sites (tertiary alicyclic amines) is 1. The van der Waals surface area contributed by atoms with E-state index >= 15 is 0 Å². The first kappa shape index (κ1) is 15.9. The Balaban J connectivity index is 1.70. The molecule has 1 aromatic rings. The number of para-hydroxylation sites is 1. The molecule has 2 rings (SSSR count). The molecular weight excluding hydrogens is 260 g/mol.